The molecule has 5 rings (SSSR count). The summed E-state index contributed by atoms with van der Waals surface area (Å²) >= 11 is 0. The first-order valence-corrected chi connectivity index (χ1v) is 9.53. The number of aromatic amines is 1. The summed E-state index contributed by atoms with van der Waals surface area (Å²) in [6.07, 6.45) is 3.42. The van der Waals surface area contributed by atoms with Gasteiger partial charge in [-0.25, -0.2) is 9.79 Å². The fourth-order valence-electron chi connectivity index (χ4n) is 3.96. The van der Waals surface area contributed by atoms with E-state index in [0.717, 1.165) is 27.4 Å². The summed E-state index contributed by atoms with van der Waals surface area (Å²) in [6, 6.07) is 14.0. The number of H-pyrrole nitrogens is 1. The number of hydrogen-bond acceptors (Lipinski definition) is 4. The number of pyridine rings is 1. The highest BCUT2D eigenvalue weighted by Crippen LogP contribution is 2.32. The Balaban J connectivity index is 1.53. The van der Waals surface area contributed by atoms with Gasteiger partial charge in [0.25, 0.3) is 0 Å². The van der Waals surface area contributed by atoms with E-state index in [9.17, 15) is 9.59 Å². The van der Waals surface area contributed by atoms with Gasteiger partial charge in [0.1, 0.15) is 5.92 Å². The lowest BCUT2D eigenvalue weighted by Crippen LogP contribution is -2.45. The standard InChI is InChI=1S/C22H18N6O2/c1-12-19(21(29)26-14-7-8-17-13(10-14)11-24-28-17)20(27-22(30)25-12)16-4-2-6-18-15(16)5-3-9-23-18/h2-11,19-20H,1H3,(H,24,28)(H,26,29)(H,27,30). The highest BCUT2D eigenvalue weighted by molar-refractivity contribution is 6.13. The number of aromatic nitrogens is 3. The number of rotatable bonds is 3. The van der Waals surface area contributed by atoms with Crippen molar-refractivity contribution in [2.75, 3.05) is 5.32 Å². The minimum absolute atomic E-state index is 0.245. The number of anilines is 1. The van der Waals surface area contributed by atoms with Gasteiger partial charge in [-0.3, -0.25) is 14.9 Å². The van der Waals surface area contributed by atoms with Gasteiger partial charge in [0.15, 0.2) is 0 Å². The maximum absolute atomic E-state index is 13.3. The lowest BCUT2D eigenvalue weighted by atomic mass is 9.85. The van der Waals surface area contributed by atoms with Gasteiger partial charge in [-0.2, -0.15) is 5.10 Å². The van der Waals surface area contributed by atoms with E-state index in [0.29, 0.717) is 11.4 Å². The molecule has 4 aromatic rings. The van der Waals surface area contributed by atoms with Crippen LogP contribution in [-0.2, 0) is 4.79 Å². The molecule has 8 nitrogen and oxygen atoms in total. The van der Waals surface area contributed by atoms with Gasteiger partial charge in [-0.15, -0.1) is 0 Å². The Morgan fingerprint density at radius 3 is 2.93 bits per heavy atom. The van der Waals surface area contributed by atoms with E-state index in [-0.39, 0.29) is 5.91 Å². The van der Waals surface area contributed by atoms with Crippen molar-refractivity contribution >= 4 is 45.1 Å². The third-order valence-electron chi connectivity index (χ3n) is 5.34. The largest absolute Gasteiger partial charge is 0.341 e. The highest BCUT2D eigenvalue weighted by Gasteiger charge is 2.37. The van der Waals surface area contributed by atoms with Crippen molar-refractivity contribution in [3.05, 3.63) is 66.5 Å². The Labute approximate surface area is 171 Å². The number of aliphatic imine (C=N–C) groups is 1. The summed E-state index contributed by atoms with van der Waals surface area (Å²) in [7, 11) is 0. The molecule has 0 saturated carbocycles. The maximum atomic E-state index is 13.3. The molecule has 3 N–H and O–H groups in total. The van der Waals surface area contributed by atoms with Crippen molar-refractivity contribution in [2.24, 2.45) is 10.9 Å². The van der Waals surface area contributed by atoms with Gasteiger partial charge >= 0.3 is 6.03 Å². The third kappa shape index (κ3) is 3.08. The van der Waals surface area contributed by atoms with Crippen molar-refractivity contribution in [1.82, 2.24) is 20.5 Å². The van der Waals surface area contributed by atoms with E-state index < -0.39 is 18.0 Å². The average molecular weight is 398 g/mol. The summed E-state index contributed by atoms with van der Waals surface area (Å²) in [5.74, 6) is -0.904. The molecule has 0 aliphatic carbocycles. The van der Waals surface area contributed by atoms with E-state index in [1.807, 2.05) is 48.5 Å². The number of benzene rings is 2. The number of carbonyl (C=O) groups is 2. The van der Waals surface area contributed by atoms with Gasteiger partial charge < -0.3 is 10.6 Å². The lowest BCUT2D eigenvalue weighted by molar-refractivity contribution is -0.118. The normalized spacial score (nSPS) is 18.8. The maximum Gasteiger partial charge on any atom is 0.341 e. The van der Waals surface area contributed by atoms with Crippen LogP contribution in [0, 0.1) is 5.92 Å². The molecule has 0 saturated heterocycles. The molecule has 8 heteroatoms. The summed E-state index contributed by atoms with van der Waals surface area (Å²) < 4.78 is 0. The monoisotopic (exact) mass is 398 g/mol. The number of fused-ring (bicyclic) bond motifs is 2. The quantitative estimate of drug-likeness (QED) is 0.489. The number of urea groups is 1. The molecule has 2 aromatic carbocycles. The fraction of sp³-hybridized carbons (Fsp3) is 0.136. The molecule has 148 valence electrons. The van der Waals surface area contributed by atoms with Crippen LogP contribution in [0.1, 0.15) is 18.5 Å². The van der Waals surface area contributed by atoms with Crippen LogP contribution < -0.4 is 10.6 Å². The molecule has 0 bridgehead atoms. The highest BCUT2D eigenvalue weighted by atomic mass is 16.2. The molecule has 30 heavy (non-hydrogen) atoms. The molecule has 0 spiro atoms. The fourth-order valence-corrected chi connectivity index (χ4v) is 3.96. The molecule has 2 aromatic heterocycles. The van der Waals surface area contributed by atoms with Gasteiger partial charge in [0.2, 0.25) is 5.91 Å². The van der Waals surface area contributed by atoms with Crippen molar-refractivity contribution in [3.63, 3.8) is 0 Å². The van der Waals surface area contributed by atoms with E-state index in [1.165, 1.54) is 0 Å². The average Bonchev–Trinajstić information content (AvgIpc) is 3.20. The van der Waals surface area contributed by atoms with E-state index in [1.54, 1.807) is 19.3 Å². The van der Waals surface area contributed by atoms with Crippen LogP contribution in [0.5, 0.6) is 0 Å². The zero-order valence-electron chi connectivity index (χ0n) is 16.1. The van der Waals surface area contributed by atoms with E-state index in [2.05, 4.69) is 30.8 Å². The Morgan fingerprint density at radius 1 is 1.13 bits per heavy atom. The molecule has 3 amide bonds. The van der Waals surface area contributed by atoms with Gasteiger partial charge in [0, 0.05) is 28.4 Å². The molecular weight excluding hydrogens is 380 g/mol. The first-order valence-electron chi connectivity index (χ1n) is 9.53. The van der Waals surface area contributed by atoms with E-state index in [4.69, 9.17) is 0 Å². The molecule has 0 fully saturated rings. The van der Waals surface area contributed by atoms with Crippen molar-refractivity contribution < 1.29 is 9.59 Å². The van der Waals surface area contributed by atoms with Gasteiger partial charge in [-0.1, -0.05) is 18.2 Å². The van der Waals surface area contributed by atoms with Crippen LogP contribution in [0.15, 0.2) is 65.9 Å². The van der Waals surface area contributed by atoms with Crippen molar-refractivity contribution in [1.29, 1.82) is 0 Å². The smallest absolute Gasteiger partial charge is 0.328 e. The summed E-state index contributed by atoms with van der Waals surface area (Å²) in [4.78, 5) is 33.9. The Morgan fingerprint density at radius 2 is 2.03 bits per heavy atom. The zero-order chi connectivity index (χ0) is 20.7. The van der Waals surface area contributed by atoms with Crippen molar-refractivity contribution in [3.8, 4) is 0 Å². The van der Waals surface area contributed by atoms with Crippen molar-refractivity contribution in [2.45, 2.75) is 13.0 Å². The number of nitrogens with zero attached hydrogens (tertiary/aromatic N) is 3. The second-order valence-corrected chi connectivity index (χ2v) is 7.24. The van der Waals surface area contributed by atoms with Crippen LogP contribution in [-0.4, -0.2) is 32.8 Å². The Kier molecular flexibility index (Phi) is 4.24. The van der Waals surface area contributed by atoms with Crippen LogP contribution >= 0.6 is 0 Å². The number of amides is 3. The number of hydrogen-bond donors (Lipinski definition) is 3. The van der Waals surface area contributed by atoms with Crippen LogP contribution in [0.3, 0.4) is 0 Å². The van der Waals surface area contributed by atoms with E-state index >= 15 is 0 Å². The minimum atomic E-state index is -0.659. The van der Waals surface area contributed by atoms with Crippen LogP contribution in [0.2, 0.25) is 0 Å². The molecule has 1 aliphatic rings. The third-order valence-corrected chi connectivity index (χ3v) is 5.34. The summed E-state index contributed by atoms with van der Waals surface area (Å²) in [5, 5.41) is 14.5. The number of nitrogens with one attached hydrogen (secondary N) is 3. The predicted molar refractivity (Wildman–Crippen MR) is 114 cm³/mol. The second kappa shape index (κ2) is 7.07. The van der Waals surface area contributed by atoms with Crippen LogP contribution in [0.25, 0.3) is 21.8 Å². The molecule has 2 atom stereocenters. The Bertz CT molecular complexity index is 1320. The van der Waals surface area contributed by atoms with Crippen LogP contribution in [0.4, 0.5) is 10.5 Å². The van der Waals surface area contributed by atoms with Gasteiger partial charge in [0.05, 0.1) is 23.3 Å². The molecular formula is C22H18N6O2. The minimum Gasteiger partial charge on any atom is -0.328 e. The summed E-state index contributed by atoms with van der Waals surface area (Å²) in [5.41, 5.74) is 3.63. The first kappa shape index (κ1) is 18.0. The van der Waals surface area contributed by atoms with Gasteiger partial charge in [-0.05, 0) is 42.8 Å². The molecule has 0 radical (unpaired) electrons. The predicted octanol–water partition coefficient (Wildman–Crippen LogP) is 3.59. The lowest BCUT2D eigenvalue weighted by Gasteiger charge is -2.31. The first-order chi connectivity index (χ1) is 14.6. The topological polar surface area (TPSA) is 112 Å². The Hall–Kier alpha value is -4.07. The second-order valence-electron chi connectivity index (χ2n) is 7.24. The molecule has 3 heterocycles. The molecule has 1 aliphatic heterocycles. The molecule has 2 unspecified atom stereocenters. The number of carbonyl (C=O) groups excluding carboxylic acids is 2. The summed E-state index contributed by atoms with van der Waals surface area (Å²) in [6.45, 7) is 1.71. The SMILES string of the molecule is CC1=NC(=O)NC(c2cccc3ncccc23)C1C(=O)Nc1ccc2[nH]ncc2c1. The zero-order valence-corrected chi connectivity index (χ0v) is 16.1.